The van der Waals surface area contributed by atoms with Gasteiger partial charge in [0.25, 0.3) is 0 Å². The molecule has 2 N–H and O–H groups in total. The molecule has 0 unspecified atom stereocenters. The Morgan fingerprint density at radius 3 is 2.62 bits per heavy atom. The molecule has 0 aliphatic rings. The van der Waals surface area contributed by atoms with E-state index in [9.17, 15) is 9.59 Å². The summed E-state index contributed by atoms with van der Waals surface area (Å²) in [4.78, 5) is 21.2. The molecule has 0 aromatic carbocycles. The van der Waals surface area contributed by atoms with Crippen molar-refractivity contribution >= 4 is 11.9 Å². The lowest BCUT2D eigenvalue weighted by Gasteiger charge is -2.07. The number of carboxylic acid groups (broad SMARTS) is 1. The van der Waals surface area contributed by atoms with Gasteiger partial charge in [-0.3, -0.25) is 4.79 Å². The topological polar surface area (TPSA) is 75.6 Å². The minimum absolute atomic E-state index is 0.201. The largest absolute Gasteiger partial charge is 0.479 e. The van der Waals surface area contributed by atoms with Gasteiger partial charge < -0.3 is 15.2 Å². The molecule has 1 amide bonds. The summed E-state index contributed by atoms with van der Waals surface area (Å²) in [6.07, 6.45) is -0.0902. The van der Waals surface area contributed by atoms with E-state index in [0.717, 1.165) is 6.42 Å². The van der Waals surface area contributed by atoms with Crippen molar-refractivity contribution in [2.45, 2.75) is 26.4 Å². The predicted octanol–water partition coefficient (Wildman–Crippen LogP) is 0.00230. The van der Waals surface area contributed by atoms with Crippen LogP contribution in [0.1, 0.15) is 20.3 Å². The number of carboxylic acids is 1. The maximum Gasteiger partial charge on any atom is 0.332 e. The van der Waals surface area contributed by atoms with E-state index >= 15 is 0 Å². The van der Waals surface area contributed by atoms with Crippen LogP contribution in [0, 0.1) is 0 Å². The van der Waals surface area contributed by atoms with Gasteiger partial charge in [0.15, 0.2) is 6.10 Å². The second kappa shape index (κ2) is 6.42. The van der Waals surface area contributed by atoms with E-state index in [1.165, 1.54) is 6.92 Å². The molecule has 0 spiro atoms. The fourth-order valence-corrected chi connectivity index (χ4v) is 0.587. The van der Waals surface area contributed by atoms with E-state index in [1.54, 1.807) is 0 Å². The van der Waals surface area contributed by atoms with Crippen LogP contribution < -0.4 is 5.32 Å². The van der Waals surface area contributed by atoms with Gasteiger partial charge in [0.1, 0.15) is 6.61 Å². The van der Waals surface area contributed by atoms with Crippen molar-refractivity contribution in [1.82, 2.24) is 5.32 Å². The second-order valence-electron chi connectivity index (χ2n) is 2.64. The highest BCUT2D eigenvalue weighted by atomic mass is 16.5. The standard InChI is InChI=1S/C8H15NO4/c1-3-4-9-7(10)5-13-6(2)8(11)12/h6H,3-5H2,1-2H3,(H,9,10)(H,11,12)/t6-/m1/s1. The van der Waals surface area contributed by atoms with Gasteiger partial charge in [0, 0.05) is 6.54 Å². The molecule has 0 aromatic rings. The lowest BCUT2D eigenvalue weighted by atomic mass is 10.4. The fourth-order valence-electron chi connectivity index (χ4n) is 0.587. The lowest BCUT2D eigenvalue weighted by molar-refractivity contribution is -0.150. The average molecular weight is 189 g/mol. The zero-order chi connectivity index (χ0) is 10.3. The molecule has 0 aliphatic carbocycles. The third kappa shape index (κ3) is 6.10. The number of nitrogens with one attached hydrogen (secondary N) is 1. The molecule has 76 valence electrons. The van der Waals surface area contributed by atoms with Gasteiger partial charge in [0.2, 0.25) is 5.91 Å². The number of hydrogen-bond acceptors (Lipinski definition) is 3. The lowest BCUT2D eigenvalue weighted by Crippen LogP contribution is -2.31. The molecule has 0 rings (SSSR count). The van der Waals surface area contributed by atoms with E-state index in [2.05, 4.69) is 5.32 Å². The van der Waals surface area contributed by atoms with Gasteiger partial charge in [-0.25, -0.2) is 4.79 Å². The summed E-state index contributed by atoms with van der Waals surface area (Å²) < 4.78 is 4.75. The third-order valence-corrected chi connectivity index (χ3v) is 1.38. The third-order valence-electron chi connectivity index (χ3n) is 1.38. The van der Waals surface area contributed by atoms with E-state index in [0.29, 0.717) is 6.54 Å². The van der Waals surface area contributed by atoms with Crippen LogP contribution in [0.25, 0.3) is 0 Å². The molecule has 1 atom stereocenters. The van der Waals surface area contributed by atoms with Crippen LogP contribution in [0.4, 0.5) is 0 Å². The monoisotopic (exact) mass is 189 g/mol. The molecule has 5 nitrogen and oxygen atoms in total. The molecule has 0 aromatic heterocycles. The summed E-state index contributed by atoms with van der Waals surface area (Å²) in [5.74, 6) is -1.35. The Labute approximate surface area is 77.1 Å². The number of rotatable bonds is 6. The number of ether oxygens (including phenoxy) is 1. The van der Waals surface area contributed by atoms with Crippen LogP contribution in [0.2, 0.25) is 0 Å². The molecule has 0 radical (unpaired) electrons. The first-order valence-electron chi connectivity index (χ1n) is 4.19. The van der Waals surface area contributed by atoms with Crippen molar-refractivity contribution in [3.63, 3.8) is 0 Å². The Morgan fingerprint density at radius 1 is 1.54 bits per heavy atom. The Morgan fingerprint density at radius 2 is 2.15 bits per heavy atom. The minimum Gasteiger partial charge on any atom is -0.479 e. The highest BCUT2D eigenvalue weighted by Crippen LogP contribution is 1.89. The molecule has 0 aliphatic heterocycles. The van der Waals surface area contributed by atoms with Gasteiger partial charge in [-0.2, -0.15) is 0 Å². The smallest absolute Gasteiger partial charge is 0.332 e. The average Bonchev–Trinajstić information content (AvgIpc) is 2.10. The van der Waals surface area contributed by atoms with Crippen LogP contribution in [0.3, 0.4) is 0 Å². The Hall–Kier alpha value is -1.10. The summed E-state index contributed by atoms with van der Waals surface area (Å²) in [5, 5.41) is 11.0. The van der Waals surface area contributed by atoms with Gasteiger partial charge in [-0.1, -0.05) is 6.92 Å². The second-order valence-corrected chi connectivity index (χ2v) is 2.64. The molecule has 0 fully saturated rings. The van der Waals surface area contributed by atoms with Crippen molar-refractivity contribution < 1.29 is 19.4 Å². The van der Waals surface area contributed by atoms with Crippen LogP contribution in [0.15, 0.2) is 0 Å². The van der Waals surface area contributed by atoms with Crippen LogP contribution in [0.5, 0.6) is 0 Å². The molecule has 13 heavy (non-hydrogen) atoms. The first-order valence-corrected chi connectivity index (χ1v) is 4.19. The van der Waals surface area contributed by atoms with Gasteiger partial charge in [0.05, 0.1) is 0 Å². The molecule has 0 heterocycles. The predicted molar refractivity (Wildman–Crippen MR) is 46.4 cm³/mol. The molecule has 0 saturated carbocycles. The van der Waals surface area contributed by atoms with Crippen molar-refractivity contribution in [3.8, 4) is 0 Å². The highest BCUT2D eigenvalue weighted by molar-refractivity contribution is 5.78. The molecule has 0 bridgehead atoms. The maximum absolute atomic E-state index is 10.9. The highest BCUT2D eigenvalue weighted by Gasteiger charge is 2.12. The quantitative estimate of drug-likeness (QED) is 0.616. The van der Waals surface area contributed by atoms with Crippen molar-refractivity contribution in [2.24, 2.45) is 0 Å². The number of hydrogen-bond donors (Lipinski definition) is 2. The summed E-state index contributed by atoms with van der Waals surface area (Å²) in [5.41, 5.74) is 0. The molecule has 0 saturated heterocycles. The summed E-state index contributed by atoms with van der Waals surface area (Å²) in [6.45, 7) is 3.70. The van der Waals surface area contributed by atoms with E-state index in [1.807, 2.05) is 6.92 Å². The Balaban J connectivity index is 3.52. The van der Waals surface area contributed by atoms with Crippen molar-refractivity contribution in [1.29, 1.82) is 0 Å². The van der Waals surface area contributed by atoms with Crippen LogP contribution >= 0.6 is 0 Å². The summed E-state index contributed by atoms with van der Waals surface area (Å²) in [6, 6.07) is 0. The zero-order valence-corrected chi connectivity index (χ0v) is 7.87. The Bertz CT molecular complexity index is 181. The first-order chi connectivity index (χ1) is 6.07. The maximum atomic E-state index is 10.9. The number of carbonyl (C=O) groups is 2. The van der Waals surface area contributed by atoms with Crippen LogP contribution in [-0.4, -0.2) is 36.2 Å². The Kier molecular flexibility index (Phi) is 5.88. The van der Waals surface area contributed by atoms with Crippen LogP contribution in [-0.2, 0) is 14.3 Å². The van der Waals surface area contributed by atoms with Gasteiger partial charge in [-0.05, 0) is 13.3 Å². The van der Waals surface area contributed by atoms with E-state index < -0.39 is 12.1 Å². The normalized spacial score (nSPS) is 12.2. The van der Waals surface area contributed by atoms with Gasteiger partial charge >= 0.3 is 5.97 Å². The fraction of sp³-hybridized carbons (Fsp3) is 0.750. The summed E-state index contributed by atoms with van der Waals surface area (Å²) >= 11 is 0. The number of amides is 1. The van der Waals surface area contributed by atoms with E-state index in [-0.39, 0.29) is 12.5 Å². The van der Waals surface area contributed by atoms with Crippen molar-refractivity contribution in [2.75, 3.05) is 13.2 Å². The van der Waals surface area contributed by atoms with E-state index in [4.69, 9.17) is 9.84 Å². The summed E-state index contributed by atoms with van der Waals surface area (Å²) in [7, 11) is 0. The zero-order valence-electron chi connectivity index (χ0n) is 7.87. The molecular formula is C8H15NO4. The van der Waals surface area contributed by atoms with Gasteiger partial charge in [-0.15, -0.1) is 0 Å². The molecular weight excluding hydrogens is 174 g/mol. The SMILES string of the molecule is CCCNC(=O)CO[C@H](C)C(=O)O. The first kappa shape index (κ1) is 11.9. The minimum atomic E-state index is -1.07. The number of carbonyl (C=O) groups excluding carboxylic acids is 1. The molecule has 5 heteroatoms. The number of aliphatic carboxylic acids is 1. The van der Waals surface area contributed by atoms with Crippen molar-refractivity contribution in [3.05, 3.63) is 0 Å².